The van der Waals surface area contributed by atoms with Gasteiger partial charge < -0.3 is 5.11 Å². The largest absolute Gasteiger partial charge is 0.393 e. The predicted molar refractivity (Wildman–Crippen MR) is 67.9 cm³/mol. The molecule has 1 nitrogen and oxygen atoms in total. The lowest BCUT2D eigenvalue weighted by atomic mass is 9.80. The SMILES string of the molecule is Cc1cc(C)c(C2CCC(O)CC2)cc1C. The summed E-state index contributed by atoms with van der Waals surface area (Å²) in [6.07, 6.45) is 4.17. The van der Waals surface area contributed by atoms with E-state index in [0.29, 0.717) is 5.92 Å². The van der Waals surface area contributed by atoms with Crippen LogP contribution in [0.25, 0.3) is 0 Å². The molecule has 0 bridgehead atoms. The lowest BCUT2D eigenvalue weighted by Gasteiger charge is -2.27. The standard InChI is InChI=1S/C15H22O/c1-10-8-12(3)15(9-11(10)2)13-4-6-14(16)7-5-13/h8-9,13-14,16H,4-7H2,1-3H3. The predicted octanol–water partition coefficient (Wildman–Crippen LogP) is 3.63. The minimum absolute atomic E-state index is 0.0527. The Labute approximate surface area is 98.5 Å². The van der Waals surface area contributed by atoms with Gasteiger partial charge in [-0.2, -0.15) is 0 Å². The summed E-state index contributed by atoms with van der Waals surface area (Å²) in [5.74, 6) is 0.669. The Morgan fingerprint density at radius 1 is 0.875 bits per heavy atom. The minimum Gasteiger partial charge on any atom is -0.393 e. The van der Waals surface area contributed by atoms with Gasteiger partial charge in [-0.1, -0.05) is 12.1 Å². The van der Waals surface area contributed by atoms with Crippen molar-refractivity contribution in [3.63, 3.8) is 0 Å². The molecule has 2 rings (SSSR count). The van der Waals surface area contributed by atoms with Gasteiger partial charge in [0.15, 0.2) is 0 Å². The minimum atomic E-state index is -0.0527. The molecule has 1 aromatic rings. The van der Waals surface area contributed by atoms with Gasteiger partial charge in [0, 0.05) is 0 Å². The van der Waals surface area contributed by atoms with Crippen LogP contribution in [0.5, 0.6) is 0 Å². The molecule has 16 heavy (non-hydrogen) atoms. The second-order valence-electron chi connectivity index (χ2n) is 5.30. The Bertz CT molecular complexity index is 373. The van der Waals surface area contributed by atoms with E-state index in [0.717, 1.165) is 25.7 Å². The zero-order valence-corrected chi connectivity index (χ0v) is 10.6. The van der Waals surface area contributed by atoms with E-state index in [2.05, 4.69) is 32.9 Å². The first kappa shape index (κ1) is 11.7. The maximum Gasteiger partial charge on any atom is 0.0540 e. The van der Waals surface area contributed by atoms with Crippen LogP contribution >= 0.6 is 0 Å². The van der Waals surface area contributed by atoms with Crippen LogP contribution < -0.4 is 0 Å². The summed E-state index contributed by atoms with van der Waals surface area (Å²) < 4.78 is 0. The molecular formula is C15H22O. The molecule has 0 saturated heterocycles. The normalized spacial score (nSPS) is 25.8. The van der Waals surface area contributed by atoms with Gasteiger partial charge in [-0.3, -0.25) is 0 Å². The Hall–Kier alpha value is -0.820. The number of hydrogen-bond acceptors (Lipinski definition) is 1. The van der Waals surface area contributed by atoms with E-state index in [1.807, 2.05) is 0 Å². The first-order valence-electron chi connectivity index (χ1n) is 6.33. The highest BCUT2D eigenvalue weighted by Crippen LogP contribution is 2.35. The fourth-order valence-electron chi connectivity index (χ4n) is 2.81. The maximum absolute atomic E-state index is 9.54. The van der Waals surface area contributed by atoms with Crippen molar-refractivity contribution in [2.24, 2.45) is 0 Å². The van der Waals surface area contributed by atoms with Crippen molar-refractivity contribution in [1.29, 1.82) is 0 Å². The average Bonchev–Trinajstić information content (AvgIpc) is 2.25. The quantitative estimate of drug-likeness (QED) is 0.763. The van der Waals surface area contributed by atoms with Crippen molar-refractivity contribution in [3.05, 3.63) is 34.4 Å². The van der Waals surface area contributed by atoms with E-state index in [9.17, 15) is 5.11 Å². The Kier molecular flexibility index (Phi) is 3.34. The van der Waals surface area contributed by atoms with Crippen molar-refractivity contribution in [2.75, 3.05) is 0 Å². The van der Waals surface area contributed by atoms with E-state index >= 15 is 0 Å². The first-order chi connectivity index (χ1) is 7.58. The molecule has 1 heteroatoms. The summed E-state index contributed by atoms with van der Waals surface area (Å²) in [6, 6.07) is 4.66. The summed E-state index contributed by atoms with van der Waals surface area (Å²) in [6.45, 7) is 6.58. The summed E-state index contributed by atoms with van der Waals surface area (Å²) >= 11 is 0. The van der Waals surface area contributed by atoms with Gasteiger partial charge in [-0.05, 0) is 74.6 Å². The molecule has 1 aliphatic rings. The van der Waals surface area contributed by atoms with E-state index < -0.39 is 0 Å². The second kappa shape index (κ2) is 4.58. The van der Waals surface area contributed by atoms with E-state index in [-0.39, 0.29) is 6.10 Å². The van der Waals surface area contributed by atoms with Crippen LogP contribution in [0.15, 0.2) is 12.1 Å². The number of aliphatic hydroxyl groups excluding tert-OH is 1. The van der Waals surface area contributed by atoms with Crippen LogP contribution in [0.4, 0.5) is 0 Å². The average molecular weight is 218 g/mol. The van der Waals surface area contributed by atoms with Crippen LogP contribution in [-0.4, -0.2) is 11.2 Å². The van der Waals surface area contributed by atoms with Gasteiger partial charge in [0.05, 0.1) is 6.10 Å². The maximum atomic E-state index is 9.54. The monoisotopic (exact) mass is 218 g/mol. The Morgan fingerprint density at radius 3 is 2.06 bits per heavy atom. The van der Waals surface area contributed by atoms with Crippen molar-refractivity contribution in [3.8, 4) is 0 Å². The molecule has 0 radical (unpaired) electrons. The number of aryl methyl sites for hydroxylation is 3. The molecule has 1 aromatic carbocycles. The molecule has 0 amide bonds. The van der Waals surface area contributed by atoms with Crippen LogP contribution in [0.2, 0.25) is 0 Å². The van der Waals surface area contributed by atoms with Gasteiger partial charge in [0.2, 0.25) is 0 Å². The molecule has 1 aliphatic carbocycles. The zero-order chi connectivity index (χ0) is 11.7. The number of rotatable bonds is 1. The second-order valence-corrected chi connectivity index (χ2v) is 5.30. The van der Waals surface area contributed by atoms with Gasteiger partial charge >= 0.3 is 0 Å². The fourth-order valence-corrected chi connectivity index (χ4v) is 2.81. The summed E-state index contributed by atoms with van der Waals surface area (Å²) in [4.78, 5) is 0. The van der Waals surface area contributed by atoms with Crippen molar-refractivity contribution >= 4 is 0 Å². The van der Waals surface area contributed by atoms with Gasteiger partial charge in [-0.15, -0.1) is 0 Å². The highest BCUT2D eigenvalue weighted by atomic mass is 16.3. The summed E-state index contributed by atoms with van der Waals surface area (Å²) in [7, 11) is 0. The van der Waals surface area contributed by atoms with Gasteiger partial charge in [0.25, 0.3) is 0 Å². The summed E-state index contributed by atoms with van der Waals surface area (Å²) in [5.41, 5.74) is 5.71. The molecule has 0 aliphatic heterocycles. The number of hydrogen-bond donors (Lipinski definition) is 1. The third kappa shape index (κ3) is 2.30. The highest BCUT2D eigenvalue weighted by Gasteiger charge is 2.22. The van der Waals surface area contributed by atoms with Crippen molar-refractivity contribution in [1.82, 2.24) is 0 Å². The molecule has 0 heterocycles. The van der Waals surface area contributed by atoms with Gasteiger partial charge in [-0.25, -0.2) is 0 Å². The first-order valence-corrected chi connectivity index (χ1v) is 6.33. The summed E-state index contributed by atoms with van der Waals surface area (Å²) in [5, 5.41) is 9.54. The van der Waals surface area contributed by atoms with Crippen LogP contribution in [0.1, 0.15) is 53.9 Å². The smallest absolute Gasteiger partial charge is 0.0540 e. The van der Waals surface area contributed by atoms with Crippen LogP contribution in [0.3, 0.4) is 0 Å². The highest BCUT2D eigenvalue weighted by molar-refractivity contribution is 5.38. The van der Waals surface area contributed by atoms with Crippen molar-refractivity contribution in [2.45, 2.75) is 58.5 Å². The van der Waals surface area contributed by atoms with Gasteiger partial charge in [0.1, 0.15) is 0 Å². The zero-order valence-electron chi connectivity index (χ0n) is 10.6. The fraction of sp³-hybridized carbons (Fsp3) is 0.600. The molecule has 0 unspecified atom stereocenters. The third-order valence-corrected chi connectivity index (χ3v) is 4.02. The number of aliphatic hydroxyl groups is 1. The van der Waals surface area contributed by atoms with Crippen molar-refractivity contribution < 1.29 is 5.11 Å². The molecule has 0 atom stereocenters. The third-order valence-electron chi connectivity index (χ3n) is 4.02. The lowest BCUT2D eigenvalue weighted by Crippen LogP contribution is -2.17. The lowest BCUT2D eigenvalue weighted by molar-refractivity contribution is 0.122. The molecule has 0 spiro atoms. The molecule has 1 saturated carbocycles. The molecule has 88 valence electrons. The van der Waals surface area contributed by atoms with Crippen LogP contribution in [0, 0.1) is 20.8 Å². The van der Waals surface area contributed by atoms with Crippen LogP contribution in [-0.2, 0) is 0 Å². The van der Waals surface area contributed by atoms with E-state index in [1.54, 1.807) is 0 Å². The Morgan fingerprint density at radius 2 is 1.44 bits per heavy atom. The van der Waals surface area contributed by atoms with E-state index in [4.69, 9.17) is 0 Å². The molecule has 0 aromatic heterocycles. The topological polar surface area (TPSA) is 20.2 Å². The Balaban J connectivity index is 2.23. The molecular weight excluding hydrogens is 196 g/mol. The number of benzene rings is 1. The molecule has 1 fully saturated rings. The van der Waals surface area contributed by atoms with E-state index in [1.165, 1.54) is 22.3 Å². The molecule has 1 N–H and O–H groups in total.